The molecule has 0 fully saturated rings. The number of nitrogens with one attached hydrogen (secondary N) is 1. The van der Waals surface area contributed by atoms with Crippen LogP contribution in [0.5, 0.6) is 0 Å². The maximum atomic E-state index is 13.5. The normalized spacial score (nSPS) is 10.1. The minimum atomic E-state index is -1.34. The Morgan fingerprint density at radius 2 is 2.10 bits per heavy atom. The van der Waals surface area contributed by atoms with E-state index in [4.69, 9.17) is 5.11 Å². The highest BCUT2D eigenvalue weighted by atomic mass is 19.1. The Morgan fingerprint density at radius 3 is 2.70 bits per heavy atom. The number of benzene rings is 1. The molecule has 0 aliphatic rings. The zero-order valence-electron chi connectivity index (χ0n) is 9.91. The van der Waals surface area contributed by atoms with Crippen LogP contribution in [0.15, 0.2) is 36.5 Å². The van der Waals surface area contributed by atoms with Crippen molar-refractivity contribution >= 4 is 23.2 Å². The molecule has 0 spiro atoms. The lowest BCUT2D eigenvalue weighted by molar-refractivity contribution is -0.384. The van der Waals surface area contributed by atoms with Crippen molar-refractivity contribution in [1.29, 1.82) is 0 Å². The Labute approximate surface area is 111 Å². The lowest BCUT2D eigenvalue weighted by Crippen LogP contribution is -2.04. The van der Waals surface area contributed by atoms with Crippen LogP contribution in [0.25, 0.3) is 0 Å². The first-order valence-corrected chi connectivity index (χ1v) is 5.38. The molecule has 0 amide bonds. The number of carboxylic acids is 1. The molecule has 1 aromatic heterocycles. The monoisotopic (exact) mass is 277 g/mol. The zero-order chi connectivity index (χ0) is 14.7. The van der Waals surface area contributed by atoms with Gasteiger partial charge in [0.15, 0.2) is 0 Å². The number of hydrogen-bond acceptors (Lipinski definition) is 5. The van der Waals surface area contributed by atoms with E-state index in [1.165, 1.54) is 18.2 Å². The van der Waals surface area contributed by atoms with Crippen molar-refractivity contribution in [2.75, 3.05) is 5.32 Å². The molecule has 8 heteroatoms. The molecule has 0 radical (unpaired) electrons. The molecule has 0 aliphatic heterocycles. The van der Waals surface area contributed by atoms with Crippen molar-refractivity contribution in [1.82, 2.24) is 4.98 Å². The summed E-state index contributed by atoms with van der Waals surface area (Å²) in [7, 11) is 0. The van der Waals surface area contributed by atoms with Crippen molar-refractivity contribution in [3.63, 3.8) is 0 Å². The highest BCUT2D eigenvalue weighted by molar-refractivity contribution is 5.89. The van der Waals surface area contributed by atoms with Crippen molar-refractivity contribution < 1.29 is 19.2 Å². The first-order valence-electron chi connectivity index (χ1n) is 5.38. The molecule has 2 rings (SSSR count). The molecule has 102 valence electrons. The summed E-state index contributed by atoms with van der Waals surface area (Å²) in [6.45, 7) is 0. The predicted molar refractivity (Wildman–Crippen MR) is 67.5 cm³/mol. The van der Waals surface area contributed by atoms with Gasteiger partial charge >= 0.3 is 11.7 Å². The van der Waals surface area contributed by atoms with Gasteiger partial charge in [0.2, 0.25) is 5.82 Å². The van der Waals surface area contributed by atoms with E-state index < -0.39 is 22.4 Å². The number of pyridine rings is 1. The second kappa shape index (κ2) is 5.31. The van der Waals surface area contributed by atoms with Crippen LogP contribution in [0.1, 0.15) is 10.4 Å². The summed E-state index contributed by atoms with van der Waals surface area (Å²) in [5.41, 5.74) is -0.866. The molecule has 0 saturated heterocycles. The van der Waals surface area contributed by atoms with Gasteiger partial charge in [-0.25, -0.2) is 14.2 Å². The van der Waals surface area contributed by atoms with Crippen LogP contribution in [0.3, 0.4) is 0 Å². The number of hydrogen-bond donors (Lipinski definition) is 2. The number of rotatable bonds is 4. The van der Waals surface area contributed by atoms with Crippen LogP contribution in [0, 0.1) is 15.9 Å². The van der Waals surface area contributed by atoms with Crippen LogP contribution < -0.4 is 5.32 Å². The van der Waals surface area contributed by atoms with Crippen molar-refractivity contribution in [3.8, 4) is 0 Å². The third-order valence-corrected chi connectivity index (χ3v) is 2.44. The van der Waals surface area contributed by atoms with Crippen molar-refractivity contribution in [3.05, 3.63) is 58.0 Å². The smallest absolute Gasteiger partial charge is 0.337 e. The van der Waals surface area contributed by atoms with Crippen LogP contribution in [-0.4, -0.2) is 21.0 Å². The van der Waals surface area contributed by atoms with Crippen LogP contribution >= 0.6 is 0 Å². The van der Waals surface area contributed by atoms with Gasteiger partial charge in [-0.05, 0) is 12.1 Å². The third kappa shape index (κ3) is 2.69. The lowest BCUT2D eigenvalue weighted by Gasteiger charge is -2.07. The molecule has 0 unspecified atom stereocenters. The van der Waals surface area contributed by atoms with Gasteiger partial charge < -0.3 is 10.4 Å². The van der Waals surface area contributed by atoms with Gasteiger partial charge in [-0.15, -0.1) is 0 Å². The standard InChI is InChI=1S/C12H8FN3O4/c13-8-3-1-2-4-9(8)15-11-10(16(19)20)5-7(6-14-11)12(17)18/h1-6H,(H,14,15)(H,17,18). The Kier molecular flexibility index (Phi) is 3.56. The Morgan fingerprint density at radius 1 is 1.40 bits per heavy atom. The summed E-state index contributed by atoms with van der Waals surface area (Å²) in [5, 5.41) is 22.2. The third-order valence-electron chi connectivity index (χ3n) is 2.44. The van der Waals surface area contributed by atoms with E-state index in [0.29, 0.717) is 0 Å². The average molecular weight is 277 g/mol. The molecule has 7 nitrogen and oxygen atoms in total. The van der Waals surface area contributed by atoms with E-state index in [2.05, 4.69) is 10.3 Å². The highest BCUT2D eigenvalue weighted by Gasteiger charge is 2.19. The van der Waals surface area contributed by atoms with E-state index in [0.717, 1.165) is 12.3 Å². The molecule has 20 heavy (non-hydrogen) atoms. The molecule has 1 aromatic carbocycles. The maximum absolute atomic E-state index is 13.5. The number of carboxylic acid groups (broad SMARTS) is 1. The molecule has 0 atom stereocenters. The number of nitro groups is 1. The van der Waals surface area contributed by atoms with E-state index in [9.17, 15) is 19.3 Å². The van der Waals surface area contributed by atoms with Gasteiger partial charge in [0.05, 0.1) is 16.2 Å². The largest absolute Gasteiger partial charge is 0.478 e. The van der Waals surface area contributed by atoms with Gasteiger partial charge in [0, 0.05) is 12.3 Å². The van der Waals surface area contributed by atoms with E-state index in [1.807, 2.05) is 0 Å². The van der Waals surface area contributed by atoms with Gasteiger partial charge in [0.25, 0.3) is 0 Å². The molecule has 2 N–H and O–H groups in total. The highest BCUT2D eigenvalue weighted by Crippen LogP contribution is 2.27. The van der Waals surface area contributed by atoms with Crippen molar-refractivity contribution in [2.24, 2.45) is 0 Å². The molecule has 0 bridgehead atoms. The minimum absolute atomic E-state index is 0.00572. The summed E-state index contributed by atoms with van der Waals surface area (Å²) in [6, 6.07) is 6.43. The first-order chi connectivity index (χ1) is 9.49. The van der Waals surface area contributed by atoms with Crippen LogP contribution in [-0.2, 0) is 0 Å². The fraction of sp³-hybridized carbons (Fsp3) is 0. The number of aromatic carboxylic acids is 1. The topological polar surface area (TPSA) is 105 Å². The lowest BCUT2D eigenvalue weighted by atomic mass is 10.2. The Balaban J connectivity index is 2.44. The Hall–Kier alpha value is -3.03. The summed E-state index contributed by atoms with van der Waals surface area (Å²) in [4.78, 5) is 24.5. The summed E-state index contributed by atoms with van der Waals surface area (Å²) in [6.07, 6.45) is 0.957. The quantitative estimate of drug-likeness (QED) is 0.657. The SMILES string of the molecule is O=C(O)c1cnc(Nc2ccccc2F)c([N+](=O)[O-])c1. The number of halogens is 1. The molecular weight excluding hydrogens is 269 g/mol. The molecule has 1 heterocycles. The van der Waals surface area contributed by atoms with E-state index in [1.54, 1.807) is 6.07 Å². The van der Waals surface area contributed by atoms with Gasteiger partial charge in [0.1, 0.15) is 5.82 Å². The second-order valence-electron chi connectivity index (χ2n) is 3.76. The maximum Gasteiger partial charge on any atom is 0.337 e. The van der Waals surface area contributed by atoms with E-state index in [-0.39, 0.29) is 17.1 Å². The minimum Gasteiger partial charge on any atom is -0.478 e. The van der Waals surface area contributed by atoms with Gasteiger partial charge in [-0.2, -0.15) is 0 Å². The molecule has 0 saturated carbocycles. The molecule has 0 aliphatic carbocycles. The summed E-state index contributed by atoms with van der Waals surface area (Å²) in [5.74, 6) is -2.17. The number of aromatic nitrogens is 1. The predicted octanol–water partition coefficient (Wildman–Crippen LogP) is 2.57. The number of nitrogens with zero attached hydrogens (tertiary/aromatic N) is 2. The Bertz CT molecular complexity index is 690. The average Bonchev–Trinajstić information content (AvgIpc) is 2.41. The fourth-order valence-electron chi connectivity index (χ4n) is 1.50. The number of anilines is 2. The van der Waals surface area contributed by atoms with Gasteiger partial charge in [-0.1, -0.05) is 12.1 Å². The van der Waals surface area contributed by atoms with Crippen LogP contribution in [0.4, 0.5) is 21.6 Å². The van der Waals surface area contributed by atoms with Gasteiger partial charge in [-0.3, -0.25) is 10.1 Å². The molecule has 2 aromatic rings. The molecular formula is C12H8FN3O4. The van der Waals surface area contributed by atoms with Crippen molar-refractivity contribution in [2.45, 2.75) is 0 Å². The fourth-order valence-corrected chi connectivity index (χ4v) is 1.50. The zero-order valence-corrected chi connectivity index (χ0v) is 9.91. The summed E-state index contributed by atoms with van der Waals surface area (Å²) >= 11 is 0. The van der Waals surface area contributed by atoms with Crippen LogP contribution in [0.2, 0.25) is 0 Å². The first kappa shape index (κ1) is 13.4. The summed E-state index contributed by atoms with van der Waals surface area (Å²) < 4.78 is 13.5. The number of carbonyl (C=O) groups is 1. The number of para-hydroxylation sites is 1. The second-order valence-corrected chi connectivity index (χ2v) is 3.76. The van der Waals surface area contributed by atoms with E-state index >= 15 is 0 Å².